The Labute approximate surface area is 105 Å². The second kappa shape index (κ2) is 6.65. The Morgan fingerprint density at radius 3 is 2.53 bits per heavy atom. The van der Waals surface area contributed by atoms with Gasteiger partial charge in [-0.3, -0.25) is 0 Å². The molecule has 0 aromatic heterocycles. The van der Waals surface area contributed by atoms with Crippen LogP contribution >= 0.6 is 0 Å². The molecule has 3 atom stereocenters. The zero-order valence-electron chi connectivity index (χ0n) is 11.7. The van der Waals surface area contributed by atoms with Gasteiger partial charge < -0.3 is 10.1 Å². The molecule has 0 radical (unpaired) electrons. The first-order chi connectivity index (χ1) is 8.08. The first-order valence-corrected chi connectivity index (χ1v) is 6.48. The van der Waals surface area contributed by atoms with E-state index in [2.05, 4.69) is 45.1 Å². The van der Waals surface area contributed by atoms with Gasteiger partial charge >= 0.3 is 0 Å². The maximum absolute atomic E-state index is 5.25. The molecule has 0 aliphatic carbocycles. The van der Waals surface area contributed by atoms with Gasteiger partial charge in [0.2, 0.25) is 0 Å². The van der Waals surface area contributed by atoms with E-state index >= 15 is 0 Å². The number of ether oxygens (including phenoxy) is 1. The van der Waals surface area contributed by atoms with Gasteiger partial charge in [0.05, 0.1) is 7.11 Å². The van der Waals surface area contributed by atoms with Crippen LogP contribution < -0.4 is 10.1 Å². The SMILES string of the molecule is CCC(C)C(C)N[C@H](C)c1cccc(OC)c1. The van der Waals surface area contributed by atoms with Gasteiger partial charge in [-0.25, -0.2) is 0 Å². The number of hydrogen-bond donors (Lipinski definition) is 1. The highest BCUT2D eigenvalue weighted by Gasteiger charge is 2.14. The van der Waals surface area contributed by atoms with E-state index in [1.807, 2.05) is 12.1 Å². The number of nitrogens with one attached hydrogen (secondary N) is 1. The fraction of sp³-hybridized carbons (Fsp3) is 0.600. The molecule has 2 nitrogen and oxygen atoms in total. The lowest BCUT2D eigenvalue weighted by atomic mass is 9.99. The van der Waals surface area contributed by atoms with Crippen LogP contribution in [-0.4, -0.2) is 13.2 Å². The maximum atomic E-state index is 5.25. The van der Waals surface area contributed by atoms with E-state index in [0.717, 1.165) is 5.75 Å². The summed E-state index contributed by atoms with van der Waals surface area (Å²) in [5.74, 6) is 1.62. The van der Waals surface area contributed by atoms with Crippen LogP contribution in [0.2, 0.25) is 0 Å². The van der Waals surface area contributed by atoms with E-state index in [-0.39, 0.29) is 0 Å². The summed E-state index contributed by atoms with van der Waals surface area (Å²) in [6.45, 7) is 8.98. The zero-order chi connectivity index (χ0) is 12.8. The molecule has 1 aromatic rings. The number of benzene rings is 1. The van der Waals surface area contributed by atoms with Gasteiger partial charge in [-0.15, -0.1) is 0 Å². The van der Waals surface area contributed by atoms with Crippen molar-refractivity contribution in [3.05, 3.63) is 29.8 Å². The van der Waals surface area contributed by atoms with Crippen molar-refractivity contribution in [3.8, 4) is 5.75 Å². The van der Waals surface area contributed by atoms with Gasteiger partial charge in [0.1, 0.15) is 5.75 Å². The third-order valence-corrected chi connectivity index (χ3v) is 3.60. The second-order valence-corrected chi connectivity index (χ2v) is 4.84. The lowest BCUT2D eigenvalue weighted by Crippen LogP contribution is -2.33. The molecule has 1 aromatic carbocycles. The fourth-order valence-corrected chi connectivity index (χ4v) is 1.92. The van der Waals surface area contributed by atoms with Gasteiger partial charge in [-0.2, -0.15) is 0 Å². The molecule has 0 amide bonds. The fourth-order valence-electron chi connectivity index (χ4n) is 1.92. The molecule has 0 aliphatic rings. The van der Waals surface area contributed by atoms with Gasteiger partial charge in [0.15, 0.2) is 0 Å². The highest BCUT2D eigenvalue weighted by atomic mass is 16.5. The van der Waals surface area contributed by atoms with Crippen LogP contribution in [0.1, 0.15) is 45.7 Å². The van der Waals surface area contributed by atoms with E-state index in [1.54, 1.807) is 7.11 Å². The van der Waals surface area contributed by atoms with E-state index < -0.39 is 0 Å². The molecule has 0 fully saturated rings. The summed E-state index contributed by atoms with van der Waals surface area (Å²) in [7, 11) is 1.71. The van der Waals surface area contributed by atoms with E-state index in [1.165, 1.54) is 12.0 Å². The minimum Gasteiger partial charge on any atom is -0.497 e. The quantitative estimate of drug-likeness (QED) is 0.810. The molecule has 96 valence electrons. The van der Waals surface area contributed by atoms with E-state index in [9.17, 15) is 0 Å². The first kappa shape index (κ1) is 14.0. The van der Waals surface area contributed by atoms with Crippen LogP contribution in [0, 0.1) is 5.92 Å². The highest BCUT2D eigenvalue weighted by Crippen LogP contribution is 2.20. The van der Waals surface area contributed by atoms with Crippen LogP contribution in [0.25, 0.3) is 0 Å². The Hall–Kier alpha value is -1.02. The van der Waals surface area contributed by atoms with Crippen LogP contribution in [0.3, 0.4) is 0 Å². The summed E-state index contributed by atoms with van der Waals surface area (Å²) in [5, 5.41) is 3.64. The molecule has 17 heavy (non-hydrogen) atoms. The minimum absolute atomic E-state index is 0.356. The molecule has 0 aliphatic heterocycles. The summed E-state index contributed by atoms with van der Waals surface area (Å²) >= 11 is 0. The highest BCUT2D eigenvalue weighted by molar-refractivity contribution is 5.30. The standard InChI is InChI=1S/C15H25NO/c1-6-11(2)12(3)16-13(4)14-8-7-9-15(10-14)17-5/h7-13,16H,6H2,1-5H3/t11?,12?,13-/m1/s1. The van der Waals surface area contributed by atoms with E-state index in [4.69, 9.17) is 4.74 Å². The summed E-state index contributed by atoms with van der Waals surface area (Å²) < 4.78 is 5.25. The lowest BCUT2D eigenvalue weighted by molar-refractivity contribution is 0.359. The smallest absolute Gasteiger partial charge is 0.119 e. The number of methoxy groups -OCH3 is 1. The van der Waals surface area contributed by atoms with Crippen molar-refractivity contribution < 1.29 is 4.74 Å². The number of rotatable bonds is 6. The average molecular weight is 235 g/mol. The molecule has 1 N–H and O–H groups in total. The Morgan fingerprint density at radius 1 is 1.24 bits per heavy atom. The molecular weight excluding hydrogens is 210 g/mol. The lowest BCUT2D eigenvalue weighted by Gasteiger charge is -2.25. The molecule has 2 heteroatoms. The average Bonchev–Trinajstić information content (AvgIpc) is 2.37. The second-order valence-electron chi connectivity index (χ2n) is 4.84. The molecule has 1 rings (SSSR count). The topological polar surface area (TPSA) is 21.3 Å². The molecule has 0 saturated carbocycles. The Bertz CT molecular complexity index is 337. The third kappa shape index (κ3) is 4.04. The predicted octanol–water partition coefficient (Wildman–Crippen LogP) is 3.78. The monoisotopic (exact) mass is 235 g/mol. The van der Waals surface area contributed by atoms with Crippen molar-refractivity contribution in [3.63, 3.8) is 0 Å². The van der Waals surface area contributed by atoms with Crippen LogP contribution in [0.15, 0.2) is 24.3 Å². The van der Waals surface area contributed by atoms with Crippen LogP contribution in [0.5, 0.6) is 5.75 Å². The van der Waals surface area contributed by atoms with Crippen molar-refractivity contribution in [1.82, 2.24) is 5.32 Å². The normalized spacial score (nSPS) is 16.3. The molecule has 0 saturated heterocycles. The summed E-state index contributed by atoms with van der Waals surface area (Å²) in [4.78, 5) is 0. The Kier molecular flexibility index (Phi) is 5.49. The van der Waals surface area contributed by atoms with Gasteiger partial charge in [0.25, 0.3) is 0 Å². The molecule has 2 unspecified atom stereocenters. The van der Waals surface area contributed by atoms with Crippen molar-refractivity contribution >= 4 is 0 Å². The first-order valence-electron chi connectivity index (χ1n) is 6.48. The zero-order valence-corrected chi connectivity index (χ0v) is 11.7. The minimum atomic E-state index is 0.356. The van der Waals surface area contributed by atoms with E-state index in [0.29, 0.717) is 18.0 Å². The Balaban J connectivity index is 2.65. The van der Waals surface area contributed by atoms with Crippen molar-refractivity contribution in [2.24, 2.45) is 5.92 Å². The summed E-state index contributed by atoms with van der Waals surface area (Å²) in [5.41, 5.74) is 1.28. The summed E-state index contributed by atoms with van der Waals surface area (Å²) in [6.07, 6.45) is 1.21. The van der Waals surface area contributed by atoms with Gasteiger partial charge in [-0.05, 0) is 37.5 Å². The predicted molar refractivity (Wildman–Crippen MR) is 73.5 cm³/mol. The largest absolute Gasteiger partial charge is 0.497 e. The van der Waals surface area contributed by atoms with Gasteiger partial charge in [-0.1, -0.05) is 32.4 Å². The van der Waals surface area contributed by atoms with Crippen molar-refractivity contribution in [1.29, 1.82) is 0 Å². The molecule has 0 bridgehead atoms. The molecular formula is C15H25NO. The van der Waals surface area contributed by atoms with Crippen LogP contribution in [-0.2, 0) is 0 Å². The van der Waals surface area contributed by atoms with Gasteiger partial charge in [0, 0.05) is 12.1 Å². The Morgan fingerprint density at radius 2 is 1.94 bits per heavy atom. The maximum Gasteiger partial charge on any atom is 0.119 e. The summed E-state index contributed by atoms with van der Waals surface area (Å²) in [6, 6.07) is 9.15. The number of hydrogen-bond acceptors (Lipinski definition) is 2. The molecule has 0 spiro atoms. The van der Waals surface area contributed by atoms with Crippen molar-refractivity contribution in [2.75, 3.05) is 7.11 Å². The molecule has 0 heterocycles. The third-order valence-electron chi connectivity index (χ3n) is 3.60. The van der Waals surface area contributed by atoms with Crippen molar-refractivity contribution in [2.45, 2.75) is 46.2 Å². The van der Waals surface area contributed by atoms with Crippen LogP contribution in [0.4, 0.5) is 0 Å².